The molecule has 0 spiro atoms. The Labute approximate surface area is 128 Å². The second-order valence-electron chi connectivity index (χ2n) is 5.71. The van der Waals surface area contributed by atoms with E-state index in [4.69, 9.17) is 28.3 Å². The zero-order valence-electron chi connectivity index (χ0n) is 11.7. The van der Waals surface area contributed by atoms with Gasteiger partial charge in [0.05, 0.1) is 12.6 Å². The summed E-state index contributed by atoms with van der Waals surface area (Å²) in [6, 6.07) is 2.93. The van der Waals surface area contributed by atoms with Crippen LogP contribution in [0.1, 0.15) is 31.9 Å². The SMILES string of the molecule is CC(C)(C)c1cc(CC(CO)NC(=O)O)c(Cl)cc1Cl. The predicted molar refractivity (Wildman–Crippen MR) is 80.9 cm³/mol. The Morgan fingerprint density at radius 3 is 2.35 bits per heavy atom. The number of halogens is 2. The van der Waals surface area contributed by atoms with Crippen molar-refractivity contribution < 1.29 is 15.0 Å². The highest BCUT2D eigenvalue weighted by Gasteiger charge is 2.21. The first-order valence-corrected chi connectivity index (χ1v) is 6.99. The highest BCUT2D eigenvalue weighted by atomic mass is 35.5. The summed E-state index contributed by atoms with van der Waals surface area (Å²) >= 11 is 12.3. The highest BCUT2D eigenvalue weighted by Crippen LogP contribution is 2.34. The summed E-state index contributed by atoms with van der Waals surface area (Å²) in [6.07, 6.45) is -0.868. The fourth-order valence-corrected chi connectivity index (χ4v) is 2.67. The molecule has 112 valence electrons. The van der Waals surface area contributed by atoms with Gasteiger partial charge in [0, 0.05) is 10.0 Å². The van der Waals surface area contributed by atoms with Crippen molar-refractivity contribution in [2.75, 3.05) is 6.61 Å². The van der Waals surface area contributed by atoms with Gasteiger partial charge in [-0.05, 0) is 29.0 Å². The van der Waals surface area contributed by atoms with Crippen molar-refractivity contribution in [3.8, 4) is 0 Å². The maximum Gasteiger partial charge on any atom is 0.404 e. The smallest absolute Gasteiger partial charge is 0.404 e. The van der Waals surface area contributed by atoms with Crippen molar-refractivity contribution in [2.24, 2.45) is 0 Å². The first kappa shape index (κ1) is 17.1. The quantitative estimate of drug-likeness (QED) is 0.796. The number of nitrogens with one attached hydrogen (secondary N) is 1. The van der Waals surface area contributed by atoms with Crippen LogP contribution < -0.4 is 5.32 Å². The zero-order chi connectivity index (χ0) is 15.5. The molecule has 0 aliphatic rings. The van der Waals surface area contributed by atoms with Crippen LogP contribution in [0.15, 0.2) is 12.1 Å². The van der Waals surface area contributed by atoms with Crippen LogP contribution in [-0.2, 0) is 11.8 Å². The van der Waals surface area contributed by atoms with E-state index in [0.717, 1.165) is 11.1 Å². The molecule has 1 rings (SSSR count). The van der Waals surface area contributed by atoms with Gasteiger partial charge in [0.15, 0.2) is 0 Å². The lowest BCUT2D eigenvalue weighted by Gasteiger charge is -2.23. The van der Waals surface area contributed by atoms with Crippen LogP contribution in [0.3, 0.4) is 0 Å². The molecule has 4 nitrogen and oxygen atoms in total. The molecule has 3 N–H and O–H groups in total. The van der Waals surface area contributed by atoms with Gasteiger partial charge in [0.1, 0.15) is 0 Å². The van der Waals surface area contributed by atoms with Crippen LogP contribution in [0.25, 0.3) is 0 Å². The topological polar surface area (TPSA) is 69.6 Å². The number of aliphatic hydroxyl groups is 1. The van der Waals surface area contributed by atoms with Gasteiger partial charge in [-0.15, -0.1) is 0 Å². The summed E-state index contributed by atoms with van der Waals surface area (Å²) in [5.74, 6) is 0. The molecule has 1 aromatic carbocycles. The van der Waals surface area contributed by atoms with Gasteiger partial charge < -0.3 is 15.5 Å². The average Bonchev–Trinajstić information content (AvgIpc) is 2.29. The van der Waals surface area contributed by atoms with Crippen LogP contribution in [0.2, 0.25) is 10.0 Å². The van der Waals surface area contributed by atoms with E-state index in [-0.39, 0.29) is 12.0 Å². The lowest BCUT2D eigenvalue weighted by molar-refractivity contribution is 0.177. The molecule has 0 saturated heterocycles. The Kier molecular flexibility index (Phi) is 5.68. The van der Waals surface area contributed by atoms with Crippen LogP contribution in [0.5, 0.6) is 0 Å². The molecule has 0 radical (unpaired) electrons. The second kappa shape index (κ2) is 6.66. The van der Waals surface area contributed by atoms with Crippen LogP contribution in [-0.4, -0.2) is 29.0 Å². The molecule has 0 bridgehead atoms. The van der Waals surface area contributed by atoms with Crippen molar-refractivity contribution in [3.63, 3.8) is 0 Å². The third-order valence-corrected chi connectivity index (χ3v) is 3.62. The van der Waals surface area contributed by atoms with Gasteiger partial charge >= 0.3 is 6.09 Å². The number of hydrogen-bond acceptors (Lipinski definition) is 2. The Hall–Kier alpha value is -0.970. The number of carbonyl (C=O) groups is 1. The van der Waals surface area contributed by atoms with E-state index in [0.29, 0.717) is 16.5 Å². The maximum atomic E-state index is 10.6. The zero-order valence-corrected chi connectivity index (χ0v) is 13.2. The molecule has 1 amide bonds. The minimum absolute atomic E-state index is 0.147. The largest absolute Gasteiger partial charge is 0.465 e. The van der Waals surface area contributed by atoms with Crippen molar-refractivity contribution in [1.29, 1.82) is 0 Å². The summed E-state index contributed by atoms with van der Waals surface area (Å²) in [7, 11) is 0. The van der Waals surface area contributed by atoms with Crippen molar-refractivity contribution >= 4 is 29.3 Å². The van der Waals surface area contributed by atoms with Crippen molar-refractivity contribution in [2.45, 2.75) is 38.6 Å². The second-order valence-corrected chi connectivity index (χ2v) is 6.52. The third kappa shape index (κ3) is 4.54. The van der Waals surface area contributed by atoms with Crippen LogP contribution in [0, 0.1) is 0 Å². The molecule has 0 saturated carbocycles. The molecule has 0 aliphatic heterocycles. The van der Waals surface area contributed by atoms with Gasteiger partial charge in [0.2, 0.25) is 0 Å². The van der Waals surface area contributed by atoms with Crippen LogP contribution >= 0.6 is 23.2 Å². The number of amides is 1. The minimum Gasteiger partial charge on any atom is -0.465 e. The predicted octanol–water partition coefficient (Wildman–Crippen LogP) is 3.46. The molecule has 0 aliphatic carbocycles. The average molecular weight is 320 g/mol. The molecule has 20 heavy (non-hydrogen) atoms. The Morgan fingerprint density at radius 1 is 1.30 bits per heavy atom. The monoisotopic (exact) mass is 319 g/mol. The molecule has 1 unspecified atom stereocenters. The van der Waals surface area contributed by atoms with E-state index in [1.54, 1.807) is 6.07 Å². The molecule has 6 heteroatoms. The first-order chi connectivity index (χ1) is 9.15. The molecule has 1 atom stereocenters. The Morgan fingerprint density at radius 2 is 1.90 bits per heavy atom. The van der Waals surface area contributed by atoms with Crippen LogP contribution in [0.4, 0.5) is 4.79 Å². The molecule has 1 aromatic rings. The number of hydrogen-bond donors (Lipinski definition) is 3. The van der Waals surface area contributed by atoms with E-state index < -0.39 is 12.1 Å². The highest BCUT2D eigenvalue weighted by molar-refractivity contribution is 6.35. The summed E-state index contributed by atoms with van der Waals surface area (Å²) in [5, 5.41) is 21.2. The molecule has 0 fully saturated rings. The number of rotatable bonds is 4. The Bertz CT molecular complexity index is 498. The maximum absolute atomic E-state index is 10.6. The third-order valence-electron chi connectivity index (χ3n) is 2.96. The van der Waals surface area contributed by atoms with Gasteiger partial charge in [-0.25, -0.2) is 4.79 Å². The molecule has 0 heterocycles. The summed E-state index contributed by atoms with van der Waals surface area (Å²) in [6.45, 7) is 5.80. The van der Waals surface area contributed by atoms with Gasteiger partial charge in [-0.2, -0.15) is 0 Å². The van der Waals surface area contributed by atoms with Crippen molar-refractivity contribution in [1.82, 2.24) is 5.32 Å². The Balaban J connectivity index is 3.09. The summed E-state index contributed by atoms with van der Waals surface area (Å²) < 4.78 is 0. The standard InChI is InChI=1S/C14H19Cl2NO3/c1-14(2,3)10-5-8(11(15)6-12(10)16)4-9(7-18)17-13(19)20/h5-6,9,17-18H,4,7H2,1-3H3,(H,19,20). The molecule has 0 aromatic heterocycles. The van der Waals surface area contributed by atoms with E-state index in [2.05, 4.69) is 5.32 Å². The fourth-order valence-electron chi connectivity index (χ4n) is 1.93. The minimum atomic E-state index is -1.18. The normalized spacial score (nSPS) is 13.1. The van der Waals surface area contributed by atoms with E-state index in [9.17, 15) is 9.90 Å². The fraction of sp³-hybridized carbons (Fsp3) is 0.500. The first-order valence-electron chi connectivity index (χ1n) is 6.24. The summed E-state index contributed by atoms with van der Waals surface area (Å²) in [4.78, 5) is 10.6. The lowest BCUT2D eigenvalue weighted by atomic mass is 9.85. The van der Waals surface area contributed by atoms with E-state index in [1.165, 1.54) is 0 Å². The molecular weight excluding hydrogens is 301 g/mol. The van der Waals surface area contributed by atoms with Gasteiger partial charge in [0.25, 0.3) is 0 Å². The number of carboxylic acid groups (broad SMARTS) is 1. The number of aliphatic hydroxyl groups excluding tert-OH is 1. The van der Waals surface area contributed by atoms with Gasteiger partial charge in [-0.3, -0.25) is 0 Å². The number of benzene rings is 1. The molecular formula is C14H19Cl2NO3. The van der Waals surface area contributed by atoms with E-state index in [1.807, 2.05) is 26.8 Å². The van der Waals surface area contributed by atoms with E-state index >= 15 is 0 Å². The van der Waals surface area contributed by atoms with Gasteiger partial charge in [-0.1, -0.05) is 50.0 Å². The summed E-state index contributed by atoms with van der Waals surface area (Å²) in [5.41, 5.74) is 1.55. The lowest BCUT2D eigenvalue weighted by Crippen LogP contribution is -2.38. The van der Waals surface area contributed by atoms with Crippen molar-refractivity contribution in [3.05, 3.63) is 33.3 Å².